The molecular weight excluding hydrogens is 312 g/mol. The third-order valence-electron chi connectivity index (χ3n) is 3.67. The third-order valence-corrected chi connectivity index (χ3v) is 4.79. The van der Waals surface area contributed by atoms with Gasteiger partial charge >= 0.3 is 5.97 Å². The standard InChI is InChI=1S/C13H16N2O6S/c1-22(20,21)12-7-10(15(18)19)4-5-11(12)14-6-2-3-9(8-14)13(16)17/h4-5,7,9H,2-3,6,8H2,1H3,(H,16,17)/t9-/m1/s1. The molecule has 1 heterocycles. The van der Waals surface area contributed by atoms with Crippen LogP contribution in [0.3, 0.4) is 0 Å². The van der Waals surface area contributed by atoms with Crippen LogP contribution in [0, 0.1) is 16.0 Å². The Morgan fingerprint density at radius 3 is 2.68 bits per heavy atom. The number of hydrogen-bond acceptors (Lipinski definition) is 6. The lowest BCUT2D eigenvalue weighted by Gasteiger charge is -2.33. The van der Waals surface area contributed by atoms with Crippen molar-refractivity contribution in [3.8, 4) is 0 Å². The molecule has 22 heavy (non-hydrogen) atoms. The SMILES string of the molecule is CS(=O)(=O)c1cc([N+](=O)[O-])ccc1N1CCC[C@@H](C(=O)O)C1. The average molecular weight is 328 g/mol. The minimum Gasteiger partial charge on any atom is -0.481 e. The van der Waals surface area contributed by atoms with Crippen LogP contribution in [-0.4, -0.2) is 43.8 Å². The van der Waals surface area contributed by atoms with Gasteiger partial charge in [-0.1, -0.05) is 0 Å². The van der Waals surface area contributed by atoms with Crippen LogP contribution < -0.4 is 4.90 Å². The number of piperidine rings is 1. The van der Waals surface area contributed by atoms with Gasteiger partial charge in [0.15, 0.2) is 9.84 Å². The van der Waals surface area contributed by atoms with Gasteiger partial charge in [0.05, 0.1) is 21.4 Å². The predicted molar refractivity (Wildman–Crippen MR) is 78.8 cm³/mol. The Hall–Kier alpha value is -2.16. The van der Waals surface area contributed by atoms with Crippen molar-refractivity contribution in [1.82, 2.24) is 0 Å². The Morgan fingerprint density at radius 2 is 2.14 bits per heavy atom. The van der Waals surface area contributed by atoms with Crippen molar-refractivity contribution in [2.75, 3.05) is 24.2 Å². The molecule has 2 rings (SSSR count). The molecule has 0 unspecified atom stereocenters. The Kier molecular flexibility index (Phi) is 4.36. The van der Waals surface area contributed by atoms with Crippen molar-refractivity contribution in [2.45, 2.75) is 17.7 Å². The van der Waals surface area contributed by atoms with Crippen molar-refractivity contribution in [1.29, 1.82) is 0 Å². The number of nitrogens with zero attached hydrogens (tertiary/aromatic N) is 2. The summed E-state index contributed by atoms with van der Waals surface area (Å²) in [6.07, 6.45) is 2.14. The van der Waals surface area contributed by atoms with Crippen LogP contribution in [0.25, 0.3) is 0 Å². The zero-order chi connectivity index (χ0) is 16.5. The molecule has 1 N–H and O–H groups in total. The minimum absolute atomic E-state index is 0.146. The predicted octanol–water partition coefficient (Wildman–Crippen LogP) is 1.30. The lowest BCUT2D eigenvalue weighted by atomic mass is 9.98. The molecule has 0 radical (unpaired) electrons. The summed E-state index contributed by atoms with van der Waals surface area (Å²) >= 11 is 0. The Bertz CT molecular complexity index is 715. The van der Waals surface area contributed by atoms with Crippen LogP contribution in [0.4, 0.5) is 11.4 Å². The van der Waals surface area contributed by atoms with Crippen molar-refractivity contribution in [3.63, 3.8) is 0 Å². The summed E-state index contributed by atoms with van der Waals surface area (Å²) in [7, 11) is -3.67. The van der Waals surface area contributed by atoms with Crippen LogP contribution in [0.15, 0.2) is 23.1 Å². The number of carbonyl (C=O) groups is 1. The molecule has 120 valence electrons. The summed E-state index contributed by atoms with van der Waals surface area (Å²) in [6, 6.07) is 3.63. The monoisotopic (exact) mass is 328 g/mol. The minimum atomic E-state index is -3.67. The van der Waals surface area contributed by atoms with Gasteiger partial charge in [-0.15, -0.1) is 0 Å². The van der Waals surface area contributed by atoms with Gasteiger partial charge in [0, 0.05) is 31.5 Å². The Balaban J connectivity index is 2.46. The van der Waals surface area contributed by atoms with Gasteiger partial charge in [-0.3, -0.25) is 14.9 Å². The van der Waals surface area contributed by atoms with Crippen LogP contribution in [0.5, 0.6) is 0 Å². The van der Waals surface area contributed by atoms with Crippen LogP contribution in [-0.2, 0) is 14.6 Å². The van der Waals surface area contributed by atoms with Crippen molar-refractivity contribution < 1.29 is 23.2 Å². The second kappa shape index (κ2) is 5.91. The molecule has 1 aromatic rings. The number of benzene rings is 1. The molecule has 0 saturated carbocycles. The average Bonchev–Trinajstić information content (AvgIpc) is 2.45. The maximum Gasteiger partial charge on any atom is 0.308 e. The lowest BCUT2D eigenvalue weighted by Crippen LogP contribution is -2.39. The summed E-state index contributed by atoms with van der Waals surface area (Å²) in [5.41, 5.74) is 0.00928. The molecule has 1 aliphatic heterocycles. The second-order valence-corrected chi connectivity index (χ2v) is 7.29. The van der Waals surface area contributed by atoms with E-state index in [1.165, 1.54) is 12.1 Å². The highest BCUT2D eigenvalue weighted by molar-refractivity contribution is 7.90. The summed E-state index contributed by atoms with van der Waals surface area (Å²) < 4.78 is 23.8. The fourth-order valence-corrected chi connectivity index (χ4v) is 3.48. The number of anilines is 1. The Labute approximate surface area is 127 Å². The van der Waals surface area contributed by atoms with Crippen molar-refractivity contribution in [3.05, 3.63) is 28.3 Å². The van der Waals surface area contributed by atoms with Crippen LogP contribution in [0.2, 0.25) is 0 Å². The molecule has 1 fully saturated rings. The highest BCUT2D eigenvalue weighted by Crippen LogP contribution is 2.32. The first-order chi connectivity index (χ1) is 10.2. The van der Waals surface area contributed by atoms with E-state index in [1.807, 2.05) is 0 Å². The second-order valence-electron chi connectivity index (χ2n) is 5.30. The maximum atomic E-state index is 11.9. The number of carboxylic acids is 1. The highest BCUT2D eigenvalue weighted by atomic mass is 32.2. The topological polar surface area (TPSA) is 118 Å². The van der Waals surface area contributed by atoms with Gasteiger partial charge in [0.2, 0.25) is 0 Å². The van der Waals surface area contributed by atoms with Crippen molar-refractivity contribution >= 4 is 27.2 Å². The molecule has 1 aromatic carbocycles. The maximum absolute atomic E-state index is 11.9. The largest absolute Gasteiger partial charge is 0.481 e. The van der Waals surface area contributed by atoms with Gasteiger partial charge in [-0.25, -0.2) is 8.42 Å². The first kappa shape index (κ1) is 16.2. The fourth-order valence-electron chi connectivity index (χ4n) is 2.57. The number of nitro benzene ring substituents is 1. The highest BCUT2D eigenvalue weighted by Gasteiger charge is 2.29. The number of carboxylic acid groups (broad SMARTS) is 1. The summed E-state index contributed by atoms with van der Waals surface area (Å²) in [5.74, 6) is -1.50. The van der Waals surface area contributed by atoms with E-state index in [0.717, 1.165) is 12.3 Å². The van der Waals surface area contributed by atoms with E-state index in [1.54, 1.807) is 4.90 Å². The molecule has 0 aliphatic carbocycles. The summed E-state index contributed by atoms with van der Waals surface area (Å²) in [4.78, 5) is 22.8. The van der Waals surface area contributed by atoms with E-state index in [0.29, 0.717) is 25.1 Å². The van der Waals surface area contributed by atoms with Crippen molar-refractivity contribution in [2.24, 2.45) is 5.92 Å². The number of aliphatic carboxylic acids is 1. The molecular formula is C13H16N2O6S. The van der Waals surface area contributed by atoms with E-state index in [2.05, 4.69) is 0 Å². The third kappa shape index (κ3) is 3.35. The molecule has 0 spiro atoms. The summed E-state index contributed by atoms with van der Waals surface area (Å²) in [5, 5.41) is 19.9. The number of sulfone groups is 1. The van der Waals surface area contributed by atoms with E-state index >= 15 is 0 Å². The van der Waals surface area contributed by atoms with Gasteiger partial charge in [-0.2, -0.15) is 0 Å². The quantitative estimate of drug-likeness (QED) is 0.653. The molecule has 8 nitrogen and oxygen atoms in total. The first-order valence-electron chi connectivity index (χ1n) is 6.66. The molecule has 0 amide bonds. The van der Waals surface area contributed by atoms with Gasteiger partial charge in [-0.05, 0) is 18.9 Å². The smallest absolute Gasteiger partial charge is 0.308 e. The van der Waals surface area contributed by atoms with Crippen LogP contribution >= 0.6 is 0 Å². The molecule has 0 bridgehead atoms. The van der Waals surface area contributed by atoms with E-state index < -0.39 is 26.6 Å². The Morgan fingerprint density at radius 1 is 1.45 bits per heavy atom. The lowest BCUT2D eigenvalue weighted by molar-refractivity contribution is -0.385. The van der Waals surface area contributed by atoms with E-state index in [-0.39, 0.29) is 17.1 Å². The number of rotatable bonds is 4. The van der Waals surface area contributed by atoms with E-state index in [9.17, 15) is 23.3 Å². The zero-order valence-corrected chi connectivity index (χ0v) is 12.7. The van der Waals surface area contributed by atoms with Crippen LogP contribution in [0.1, 0.15) is 12.8 Å². The number of nitro groups is 1. The zero-order valence-electron chi connectivity index (χ0n) is 11.9. The first-order valence-corrected chi connectivity index (χ1v) is 8.55. The molecule has 1 atom stereocenters. The molecule has 1 aliphatic rings. The van der Waals surface area contributed by atoms with Gasteiger partial charge in [0.1, 0.15) is 0 Å². The number of non-ortho nitro benzene ring substituents is 1. The molecule has 0 aromatic heterocycles. The molecule has 9 heteroatoms. The number of hydrogen-bond donors (Lipinski definition) is 1. The fraction of sp³-hybridized carbons (Fsp3) is 0.462. The van der Waals surface area contributed by atoms with Gasteiger partial charge in [0.25, 0.3) is 5.69 Å². The molecule has 1 saturated heterocycles. The van der Waals surface area contributed by atoms with E-state index in [4.69, 9.17) is 5.11 Å². The van der Waals surface area contributed by atoms with Gasteiger partial charge < -0.3 is 10.0 Å². The normalized spacial score (nSPS) is 19.0. The summed E-state index contributed by atoms with van der Waals surface area (Å²) in [6.45, 7) is 0.708.